The van der Waals surface area contributed by atoms with Crippen LogP contribution in [0.15, 0.2) is 23.8 Å². The number of hydrogen-bond acceptors (Lipinski definition) is 2. The van der Waals surface area contributed by atoms with Gasteiger partial charge >= 0.3 is 5.97 Å². The minimum absolute atomic E-state index is 0.00726. The second kappa shape index (κ2) is 4.10. The van der Waals surface area contributed by atoms with Crippen LogP contribution in [0.1, 0.15) is 30.0 Å². The van der Waals surface area contributed by atoms with Gasteiger partial charge in [0, 0.05) is 0 Å². The summed E-state index contributed by atoms with van der Waals surface area (Å²) in [5.41, 5.74) is 5.00. The predicted octanol–water partition coefficient (Wildman–Crippen LogP) is 1.98. The number of fused-ring (bicyclic) bond motifs is 1. The molecular weight excluding hydrogens is 204 g/mol. The molecule has 1 aromatic carbocycles. The number of carboxylic acid groups (broad SMARTS) is 1. The van der Waals surface area contributed by atoms with Gasteiger partial charge in [-0.2, -0.15) is 0 Å². The van der Waals surface area contributed by atoms with E-state index in [0.29, 0.717) is 0 Å². The molecule has 2 N–H and O–H groups in total. The number of hydrogen-bond donors (Lipinski definition) is 2. The molecule has 1 aliphatic carbocycles. The quantitative estimate of drug-likeness (QED) is 0.815. The van der Waals surface area contributed by atoms with E-state index in [2.05, 4.69) is 0 Å². The second-order valence-electron chi connectivity index (χ2n) is 4.16. The lowest BCUT2D eigenvalue weighted by Gasteiger charge is -2.05. The van der Waals surface area contributed by atoms with E-state index < -0.39 is 5.97 Å². The first-order valence-electron chi connectivity index (χ1n) is 5.25. The van der Waals surface area contributed by atoms with Crippen molar-refractivity contribution < 1.29 is 15.0 Å². The summed E-state index contributed by atoms with van der Waals surface area (Å²) in [6, 6.07) is 5.75. The molecule has 0 bridgehead atoms. The van der Waals surface area contributed by atoms with Crippen molar-refractivity contribution >= 4 is 11.5 Å². The minimum Gasteiger partial charge on any atom is -0.481 e. The van der Waals surface area contributed by atoms with Gasteiger partial charge in [0.15, 0.2) is 0 Å². The van der Waals surface area contributed by atoms with Crippen LogP contribution in [0.3, 0.4) is 0 Å². The lowest BCUT2D eigenvalue weighted by Crippen LogP contribution is -1.97. The zero-order valence-corrected chi connectivity index (χ0v) is 9.16. The van der Waals surface area contributed by atoms with Crippen LogP contribution in [-0.4, -0.2) is 16.2 Å². The van der Waals surface area contributed by atoms with Gasteiger partial charge in [0.1, 0.15) is 0 Å². The Bertz CT molecular complexity index is 472. The van der Waals surface area contributed by atoms with Gasteiger partial charge < -0.3 is 10.2 Å². The van der Waals surface area contributed by atoms with Crippen LogP contribution in [0.4, 0.5) is 0 Å². The summed E-state index contributed by atoms with van der Waals surface area (Å²) < 4.78 is 0. The van der Waals surface area contributed by atoms with Crippen LogP contribution in [0, 0.1) is 0 Å². The van der Waals surface area contributed by atoms with E-state index in [1.165, 1.54) is 0 Å². The average Bonchev–Trinajstić information content (AvgIpc) is 2.54. The molecule has 1 aliphatic rings. The van der Waals surface area contributed by atoms with Gasteiger partial charge in [0.2, 0.25) is 0 Å². The third-order valence-electron chi connectivity index (χ3n) is 2.98. The van der Waals surface area contributed by atoms with E-state index in [4.69, 9.17) is 10.2 Å². The molecule has 0 saturated carbocycles. The molecule has 0 unspecified atom stereocenters. The monoisotopic (exact) mass is 218 g/mol. The fourth-order valence-electron chi connectivity index (χ4n) is 2.18. The van der Waals surface area contributed by atoms with Crippen LogP contribution < -0.4 is 0 Å². The van der Waals surface area contributed by atoms with Crippen LogP contribution in [0.2, 0.25) is 0 Å². The molecule has 0 heterocycles. The van der Waals surface area contributed by atoms with Crippen molar-refractivity contribution in [1.29, 1.82) is 0 Å². The van der Waals surface area contributed by atoms with Gasteiger partial charge in [0.05, 0.1) is 13.0 Å². The molecule has 84 valence electrons. The molecule has 0 radical (unpaired) electrons. The molecule has 1 aromatic rings. The maximum absolute atomic E-state index is 10.8. The molecule has 2 rings (SSSR count). The highest BCUT2D eigenvalue weighted by molar-refractivity contribution is 5.88. The van der Waals surface area contributed by atoms with E-state index >= 15 is 0 Å². The lowest BCUT2D eigenvalue weighted by atomic mass is 10.0. The summed E-state index contributed by atoms with van der Waals surface area (Å²) >= 11 is 0. The highest BCUT2D eigenvalue weighted by Crippen LogP contribution is 2.35. The molecule has 3 heteroatoms. The summed E-state index contributed by atoms with van der Waals surface area (Å²) in [5, 5.41) is 17.9. The van der Waals surface area contributed by atoms with E-state index in [9.17, 15) is 4.79 Å². The Kier molecular flexibility index (Phi) is 2.79. The molecule has 3 nitrogen and oxygen atoms in total. The zero-order valence-electron chi connectivity index (χ0n) is 9.16. The second-order valence-corrected chi connectivity index (χ2v) is 4.16. The molecule has 16 heavy (non-hydrogen) atoms. The van der Waals surface area contributed by atoms with Crippen molar-refractivity contribution in [1.82, 2.24) is 0 Å². The Morgan fingerprint density at radius 3 is 2.81 bits per heavy atom. The van der Waals surface area contributed by atoms with Gasteiger partial charge in [-0.3, -0.25) is 4.79 Å². The topological polar surface area (TPSA) is 57.5 Å². The van der Waals surface area contributed by atoms with Crippen molar-refractivity contribution in [2.45, 2.75) is 26.4 Å². The van der Waals surface area contributed by atoms with Gasteiger partial charge in [0.25, 0.3) is 0 Å². The lowest BCUT2D eigenvalue weighted by molar-refractivity contribution is -0.135. The largest absolute Gasteiger partial charge is 0.481 e. The molecule has 0 spiro atoms. The van der Waals surface area contributed by atoms with E-state index in [-0.39, 0.29) is 13.0 Å². The van der Waals surface area contributed by atoms with Gasteiger partial charge in [-0.05, 0) is 41.7 Å². The number of carbonyl (C=O) groups is 1. The Balaban J connectivity index is 2.42. The summed E-state index contributed by atoms with van der Waals surface area (Å²) in [6.07, 6.45) is 0.886. The molecular formula is C13H14O3. The number of benzene rings is 1. The van der Waals surface area contributed by atoms with Gasteiger partial charge in [-0.25, -0.2) is 0 Å². The summed E-state index contributed by atoms with van der Waals surface area (Å²) in [5.74, 6) is -0.809. The normalized spacial score (nSPS) is 14.1. The number of aliphatic carboxylic acids is 1. The molecule has 0 atom stereocenters. The zero-order chi connectivity index (χ0) is 11.7. The van der Waals surface area contributed by atoms with Crippen LogP contribution in [-0.2, 0) is 17.8 Å². The van der Waals surface area contributed by atoms with Crippen LogP contribution >= 0.6 is 0 Å². The van der Waals surface area contributed by atoms with E-state index in [0.717, 1.165) is 34.3 Å². The van der Waals surface area contributed by atoms with Crippen LogP contribution in [0.5, 0.6) is 0 Å². The third kappa shape index (κ3) is 1.86. The first-order chi connectivity index (χ1) is 7.61. The maximum atomic E-state index is 10.8. The first kappa shape index (κ1) is 10.9. The average molecular weight is 218 g/mol. The van der Waals surface area contributed by atoms with Crippen molar-refractivity contribution in [3.8, 4) is 0 Å². The molecule has 0 fully saturated rings. The summed E-state index contributed by atoms with van der Waals surface area (Å²) in [4.78, 5) is 10.8. The highest BCUT2D eigenvalue weighted by Gasteiger charge is 2.20. The van der Waals surface area contributed by atoms with Crippen molar-refractivity contribution in [2.24, 2.45) is 0 Å². The third-order valence-corrected chi connectivity index (χ3v) is 2.98. The Labute approximate surface area is 94.0 Å². The van der Waals surface area contributed by atoms with Crippen LogP contribution in [0.25, 0.3) is 5.57 Å². The molecule has 0 saturated heterocycles. The van der Waals surface area contributed by atoms with Crippen molar-refractivity contribution in [2.75, 3.05) is 0 Å². The molecule has 0 aromatic heterocycles. The number of aliphatic hydroxyl groups is 1. The van der Waals surface area contributed by atoms with E-state index in [1.54, 1.807) is 0 Å². The first-order valence-corrected chi connectivity index (χ1v) is 5.25. The predicted molar refractivity (Wildman–Crippen MR) is 60.9 cm³/mol. The molecule has 0 aliphatic heterocycles. The number of carboxylic acids is 1. The number of aliphatic hydroxyl groups excluding tert-OH is 1. The fourth-order valence-corrected chi connectivity index (χ4v) is 2.18. The Morgan fingerprint density at radius 2 is 2.19 bits per heavy atom. The summed E-state index contributed by atoms with van der Waals surface area (Å²) in [6.45, 7) is 1.96. The van der Waals surface area contributed by atoms with Gasteiger partial charge in [-0.15, -0.1) is 0 Å². The number of allylic oxidation sites excluding steroid dienone is 1. The fraction of sp³-hybridized carbons (Fsp3) is 0.308. The van der Waals surface area contributed by atoms with Crippen molar-refractivity contribution in [3.63, 3.8) is 0 Å². The Morgan fingerprint density at radius 1 is 1.44 bits per heavy atom. The minimum atomic E-state index is -0.809. The van der Waals surface area contributed by atoms with Crippen molar-refractivity contribution in [3.05, 3.63) is 40.5 Å². The SMILES string of the molecule is CC1=C(CC(=O)O)c2cc(CO)ccc2C1. The Hall–Kier alpha value is -1.61. The van der Waals surface area contributed by atoms with Gasteiger partial charge in [-0.1, -0.05) is 17.7 Å². The standard InChI is InChI=1S/C13H14O3/c1-8-4-10-3-2-9(7-14)5-12(10)11(8)6-13(15)16/h2-3,5,14H,4,6-7H2,1H3,(H,15,16). The highest BCUT2D eigenvalue weighted by atomic mass is 16.4. The number of rotatable bonds is 3. The molecule has 0 amide bonds. The smallest absolute Gasteiger partial charge is 0.307 e. The summed E-state index contributed by atoms with van der Waals surface area (Å²) in [7, 11) is 0. The maximum Gasteiger partial charge on any atom is 0.307 e. The van der Waals surface area contributed by atoms with E-state index in [1.807, 2.05) is 25.1 Å².